The van der Waals surface area contributed by atoms with E-state index in [9.17, 15) is 0 Å². The molecule has 20 heavy (non-hydrogen) atoms. The molecule has 3 rings (SSSR count). The fourth-order valence-electron chi connectivity index (χ4n) is 2.98. The first kappa shape index (κ1) is 12.9. The van der Waals surface area contributed by atoms with E-state index in [1.54, 1.807) is 0 Å². The van der Waals surface area contributed by atoms with Gasteiger partial charge in [0.2, 0.25) is 0 Å². The molecule has 0 radical (unpaired) electrons. The van der Waals surface area contributed by atoms with Gasteiger partial charge in [-0.15, -0.1) is 0 Å². The quantitative estimate of drug-likeness (QED) is 0.660. The third-order valence-corrected chi connectivity index (χ3v) is 4.12. The number of hydrogen-bond acceptors (Lipinski definition) is 0. The van der Waals surface area contributed by atoms with Gasteiger partial charge in [-0.3, -0.25) is 0 Å². The molecule has 0 heterocycles. The van der Waals surface area contributed by atoms with Crippen molar-refractivity contribution >= 4 is 0 Å². The van der Waals surface area contributed by atoms with E-state index < -0.39 is 0 Å². The summed E-state index contributed by atoms with van der Waals surface area (Å²) in [5, 5.41) is 0. The number of allylic oxidation sites excluding steroid dienone is 4. The lowest BCUT2D eigenvalue weighted by Crippen LogP contribution is -2.20. The summed E-state index contributed by atoms with van der Waals surface area (Å²) in [6.07, 6.45) is 8.94. The van der Waals surface area contributed by atoms with Crippen LogP contribution >= 0.6 is 0 Å². The summed E-state index contributed by atoms with van der Waals surface area (Å²) < 4.78 is 0. The van der Waals surface area contributed by atoms with Gasteiger partial charge in [0.1, 0.15) is 0 Å². The second kappa shape index (κ2) is 5.13. The molecule has 0 N–H and O–H groups in total. The molecule has 0 amide bonds. The third kappa shape index (κ3) is 2.34. The molecule has 0 bridgehead atoms. The van der Waals surface area contributed by atoms with Crippen molar-refractivity contribution in [1.29, 1.82) is 0 Å². The molecule has 0 saturated carbocycles. The van der Waals surface area contributed by atoms with Gasteiger partial charge in [0.25, 0.3) is 0 Å². The van der Waals surface area contributed by atoms with Crippen molar-refractivity contribution in [2.24, 2.45) is 5.41 Å². The second-order valence-electron chi connectivity index (χ2n) is 6.00. The van der Waals surface area contributed by atoms with Crippen molar-refractivity contribution in [2.45, 2.75) is 19.8 Å². The lowest BCUT2D eigenvalue weighted by Gasteiger charge is -2.33. The Labute approximate surface area is 121 Å². The van der Waals surface area contributed by atoms with E-state index >= 15 is 0 Å². The minimum Gasteiger partial charge on any atom is -0.0779 e. The van der Waals surface area contributed by atoms with Crippen LogP contribution in [-0.2, 0) is 0 Å². The van der Waals surface area contributed by atoms with E-state index in [0.717, 1.165) is 0 Å². The summed E-state index contributed by atoms with van der Waals surface area (Å²) in [5.74, 6) is 0.420. The lowest BCUT2D eigenvalue weighted by molar-refractivity contribution is 0.423. The van der Waals surface area contributed by atoms with Gasteiger partial charge in [-0.05, 0) is 22.1 Å². The molecular formula is C20H20. The Morgan fingerprint density at radius 1 is 0.800 bits per heavy atom. The van der Waals surface area contributed by atoms with Crippen LogP contribution in [0.4, 0.5) is 0 Å². The van der Waals surface area contributed by atoms with E-state index in [4.69, 9.17) is 0 Å². The smallest absolute Gasteiger partial charge is 0.0113 e. The summed E-state index contributed by atoms with van der Waals surface area (Å²) in [5.41, 5.74) is 4.19. The van der Waals surface area contributed by atoms with Crippen molar-refractivity contribution in [3.63, 3.8) is 0 Å². The summed E-state index contributed by atoms with van der Waals surface area (Å²) >= 11 is 0. The Morgan fingerprint density at radius 2 is 1.50 bits per heavy atom. The van der Waals surface area contributed by atoms with Crippen LogP contribution in [0.2, 0.25) is 0 Å². The maximum absolute atomic E-state index is 2.32. The van der Waals surface area contributed by atoms with Crippen molar-refractivity contribution in [3.8, 4) is 11.1 Å². The topological polar surface area (TPSA) is 0 Å². The molecule has 0 fully saturated rings. The van der Waals surface area contributed by atoms with E-state index in [-0.39, 0.29) is 5.41 Å². The minimum absolute atomic E-state index is 0.152. The summed E-state index contributed by atoms with van der Waals surface area (Å²) in [7, 11) is 0. The fourth-order valence-corrected chi connectivity index (χ4v) is 2.98. The molecule has 0 nitrogen and oxygen atoms in total. The van der Waals surface area contributed by atoms with Crippen LogP contribution in [0.25, 0.3) is 11.1 Å². The summed E-state index contributed by atoms with van der Waals surface area (Å²) in [6, 6.07) is 19.4. The van der Waals surface area contributed by atoms with E-state index in [1.165, 1.54) is 16.7 Å². The summed E-state index contributed by atoms with van der Waals surface area (Å²) in [6.45, 7) is 4.61. The van der Waals surface area contributed by atoms with Crippen LogP contribution in [-0.4, -0.2) is 0 Å². The zero-order valence-electron chi connectivity index (χ0n) is 12.1. The van der Waals surface area contributed by atoms with Crippen LogP contribution in [0.1, 0.15) is 25.3 Å². The van der Waals surface area contributed by atoms with Gasteiger partial charge in [0.05, 0.1) is 0 Å². The lowest BCUT2D eigenvalue weighted by atomic mass is 9.71. The molecule has 0 aromatic heterocycles. The Hall–Kier alpha value is -2.08. The van der Waals surface area contributed by atoms with Gasteiger partial charge in [-0.2, -0.15) is 0 Å². The van der Waals surface area contributed by atoms with Crippen molar-refractivity contribution < 1.29 is 0 Å². The highest BCUT2D eigenvalue weighted by Crippen LogP contribution is 2.43. The van der Waals surface area contributed by atoms with E-state index in [0.29, 0.717) is 5.92 Å². The van der Waals surface area contributed by atoms with Gasteiger partial charge in [-0.1, -0.05) is 92.7 Å². The predicted molar refractivity (Wildman–Crippen MR) is 86.7 cm³/mol. The zero-order valence-corrected chi connectivity index (χ0v) is 12.1. The van der Waals surface area contributed by atoms with Gasteiger partial charge in [0, 0.05) is 5.92 Å². The van der Waals surface area contributed by atoms with Gasteiger partial charge in [0.15, 0.2) is 0 Å². The fraction of sp³-hybridized carbons (Fsp3) is 0.200. The molecule has 0 heteroatoms. The first-order valence-corrected chi connectivity index (χ1v) is 7.19. The van der Waals surface area contributed by atoms with Gasteiger partial charge >= 0.3 is 0 Å². The van der Waals surface area contributed by atoms with Crippen molar-refractivity contribution in [1.82, 2.24) is 0 Å². The zero-order chi connectivity index (χ0) is 14.0. The first-order valence-electron chi connectivity index (χ1n) is 7.19. The molecule has 2 aromatic carbocycles. The third-order valence-electron chi connectivity index (χ3n) is 4.12. The predicted octanol–water partition coefficient (Wildman–Crippen LogP) is 5.59. The molecule has 0 saturated heterocycles. The maximum atomic E-state index is 2.32. The highest BCUT2D eigenvalue weighted by molar-refractivity contribution is 5.69. The standard InChI is InChI=1S/C20H20/c1-20(2)15-9-8-14-19(20)18-13-7-6-12-17(18)16-10-4-3-5-11-16/h3-15,19H,1-2H3. The Kier molecular flexibility index (Phi) is 3.31. The molecule has 1 aliphatic carbocycles. The largest absolute Gasteiger partial charge is 0.0779 e. The number of rotatable bonds is 2. The Balaban J connectivity index is 2.12. The highest BCUT2D eigenvalue weighted by atomic mass is 14.3. The SMILES string of the molecule is CC1(C)C=CC=CC1c1ccccc1-c1ccccc1. The molecule has 1 unspecified atom stereocenters. The number of benzene rings is 2. The van der Waals surface area contributed by atoms with Crippen LogP contribution in [0, 0.1) is 5.41 Å². The normalized spacial score (nSPS) is 20.0. The molecule has 0 spiro atoms. The molecular weight excluding hydrogens is 240 g/mol. The Bertz CT molecular complexity index is 645. The van der Waals surface area contributed by atoms with Crippen LogP contribution < -0.4 is 0 Å². The van der Waals surface area contributed by atoms with Crippen LogP contribution in [0.5, 0.6) is 0 Å². The van der Waals surface area contributed by atoms with Gasteiger partial charge in [-0.25, -0.2) is 0 Å². The van der Waals surface area contributed by atoms with E-state index in [2.05, 4.69) is 92.7 Å². The highest BCUT2D eigenvalue weighted by Gasteiger charge is 2.29. The van der Waals surface area contributed by atoms with Gasteiger partial charge < -0.3 is 0 Å². The minimum atomic E-state index is 0.152. The Morgan fingerprint density at radius 3 is 2.25 bits per heavy atom. The molecule has 1 atom stereocenters. The average Bonchev–Trinajstić information content (AvgIpc) is 2.48. The summed E-state index contributed by atoms with van der Waals surface area (Å²) in [4.78, 5) is 0. The molecule has 1 aliphatic rings. The molecule has 100 valence electrons. The monoisotopic (exact) mass is 260 g/mol. The first-order chi connectivity index (χ1) is 9.68. The van der Waals surface area contributed by atoms with Crippen LogP contribution in [0.15, 0.2) is 78.9 Å². The van der Waals surface area contributed by atoms with Crippen molar-refractivity contribution in [3.05, 3.63) is 84.5 Å². The van der Waals surface area contributed by atoms with Crippen LogP contribution in [0.3, 0.4) is 0 Å². The van der Waals surface area contributed by atoms with Crippen molar-refractivity contribution in [2.75, 3.05) is 0 Å². The molecule has 0 aliphatic heterocycles. The maximum Gasteiger partial charge on any atom is 0.0113 e. The second-order valence-corrected chi connectivity index (χ2v) is 6.00. The number of hydrogen-bond donors (Lipinski definition) is 0. The molecule has 2 aromatic rings. The van der Waals surface area contributed by atoms with E-state index in [1.807, 2.05) is 0 Å². The average molecular weight is 260 g/mol.